The van der Waals surface area contributed by atoms with E-state index in [4.69, 9.17) is 16.1 Å². The third-order valence-corrected chi connectivity index (χ3v) is 5.05. The summed E-state index contributed by atoms with van der Waals surface area (Å²) in [6.45, 7) is 0.151. The van der Waals surface area contributed by atoms with Gasteiger partial charge in [-0.3, -0.25) is 9.36 Å². The second-order valence-electron chi connectivity index (χ2n) is 6.61. The molecular weight excluding hydrogens is 370 g/mol. The first-order valence-electron chi connectivity index (χ1n) is 8.43. The Morgan fingerprint density at radius 3 is 2.89 bits per heavy atom. The standard InChI is InChI=1S/C17H14ClN7O2/c1-24-14-16(21-23-24)19-8-25(17(14)26)7-13-20-15(22-27-13)12-6-11(12)9-2-4-10(18)5-3-9/h2-5,8,11-12H,6-7H2,1H3. The van der Waals surface area contributed by atoms with E-state index < -0.39 is 0 Å². The molecule has 1 aliphatic carbocycles. The van der Waals surface area contributed by atoms with Crippen LogP contribution in [0.1, 0.15) is 35.5 Å². The Bertz CT molecular complexity index is 1190. The fraction of sp³-hybridized carbons (Fsp3) is 0.294. The molecule has 10 heteroatoms. The maximum absolute atomic E-state index is 12.6. The van der Waals surface area contributed by atoms with Crippen molar-refractivity contribution in [3.05, 3.63) is 63.2 Å². The van der Waals surface area contributed by atoms with Crippen molar-refractivity contribution in [2.45, 2.75) is 24.8 Å². The molecule has 1 aromatic carbocycles. The monoisotopic (exact) mass is 383 g/mol. The summed E-state index contributed by atoms with van der Waals surface area (Å²) in [6, 6.07) is 7.82. The van der Waals surface area contributed by atoms with Gasteiger partial charge in [0.25, 0.3) is 5.56 Å². The zero-order valence-corrected chi connectivity index (χ0v) is 15.0. The normalized spacial score (nSPS) is 18.9. The van der Waals surface area contributed by atoms with E-state index in [-0.39, 0.29) is 18.0 Å². The van der Waals surface area contributed by atoms with Crippen LogP contribution in [0.25, 0.3) is 11.2 Å². The Balaban J connectivity index is 1.36. The van der Waals surface area contributed by atoms with Gasteiger partial charge in [0.2, 0.25) is 11.5 Å². The Labute approximate surface area is 157 Å². The Kier molecular flexibility index (Phi) is 3.57. The maximum atomic E-state index is 12.6. The van der Waals surface area contributed by atoms with E-state index in [0.29, 0.717) is 28.8 Å². The van der Waals surface area contributed by atoms with Gasteiger partial charge in [-0.1, -0.05) is 34.1 Å². The van der Waals surface area contributed by atoms with Gasteiger partial charge in [-0.2, -0.15) is 4.98 Å². The van der Waals surface area contributed by atoms with Gasteiger partial charge in [-0.25, -0.2) is 9.67 Å². The molecule has 5 rings (SSSR count). The van der Waals surface area contributed by atoms with Gasteiger partial charge in [0.15, 0.2) is 11.3 Å². The highest BCUT2D eigenvalue weighted by Crippen LogP contribution is 2.53. The summed E-state index contributed by atoms with van der Waals surface area (Å²) in [4.78, 5) is 21.2. The lowest BCUT2D eigenvalue weighted by Gasteiger charge is -2.00. The number of halogens is 1. The van der Waals surface area contributed by atoms with Crippen molar-refractivity contribution in [1.82, 2.24) is 34.7 Å². The maximum Gasteiger partial charge on any atom is 0.281 e. The van der Waals surface area contributed by atoms with Crippen LogP contribution < -0.4 is 5.56 Å². The lowest BCUT2D eigenvalue weighted by molar-refractivity contribution is 0.364. The summed E-state index contributed by atoms with van der Waals surface area (Å²) in [5.74, 6) is 1.62. The third-order valence-electron chi connectivity index (χ3n) is 4.80. The summed E-state index contributed by atoms with van der Waals surface area (Å²) in [5.41, 5.74) is 1.61. The van der Waals surface area contributed by atoms with Crippen molar-refractivity contribution in [3.63, 3.8) is 0 Å². The molecule has 3 aromatic heterocycles. The van der Waals surface area contributed by atoms with Crippen LogP contribution in [0, 0.1) is 0 Å². The van der Waals surface area contributed by atoms with Crippen molar-refractivity contribution in [2.24, 2.45) is 7.05 Å². The van der Waals surface area contributed by atoms with Crippen LogP contribution in [0.4, 0.5) is 0 Å². The Morgan fingerprint density at radius 1 is 1.26 bits per heavy atom. The number of aryl methyl sites for hydroxylation is 1. The van der Waals surface area contributed by atoms with Crippen LogP contribution in [0.3, 0.4) is 0 Å². The molecule has 0 radical (unpaired) electrons. The molecule has 1 saturated carbocycles. The van der Waals surface area contributed by atoms with E-state index in [9.17, 15) is 4.79 Å². The topological polar surface area (TPSA) is 105 Å². The molecule has 9 nitrogen and oxygen atoms in total. The van der Waals surface area contributed by atoms with Gasteiger partial charge in [-0.05, 0) is 30.0 Å². The molecule has 0 saturated heterocycles. The molecule has 2 atom stereocenters. The minimum absolute atomic E-state index is 0.151. The molecule has 2 unspecified atom stereocenters. The Morgan fingerprint density at radius 2 is 2.07 bits per heavy atom. The summed E-state index contributed by atoms with van der Waals surface area (Å²) in [6.07, 6.45) is 2.38. The smallest absolute Gasteiger partial charge is 0.281 e. The van der Waals surface area contributed by atoms with E-state index in [1.165, 1.54) is 21.1 Å². The second kappa shape index (κ2) is 5.98. The fourth-order valence-electron chi connectivity index (χ4n) is 3.28. The SMILES string of the molecule is Cn1nnc2ncn(Cc3nc(C4CC4c4ccc(Cl)cc4)no3)c(=O)c21. The summed E-state index contributed by atoms with van der Waals surface area (Å²) in [5, 5.41) is 12.5. The van der Waals surface area contributed by atoms with Crippen molar-refractivity contribution in [2.75, 3.05) is 0 Å². The quantitative estimate of drug-likeness (QED) is 0.529. The number of nitrogens with zero attached hydrogens (tertiary/aromatic N) is 7. The number of rotatable bonds is 4. The first kappa shape index (κ1) is 16.1. The minimum atomic E-state index is -0.252. The van der Waals surface area contributed by atoms with Crippen LogP contribution in [-0.4, -0.2) is 34.7 Å². The summed E-state index contributed by atoms with van der Waals surface area (Å²) in [7, 11) is 1.65. The predicted octanol–water partition coefficient (Wildman–Crippen LogP) is 1.88. The van der Waals surface area contributed by atoms with Crippen molar-refractivity contribution in [1.29, 1.82) is 0 Å². The van der Waals surface area contributed by atoms with Gasteiger partial charge in [0, 0.05) is 18.0 Å². The highest BCUT2D eigenvalue weighted by molar-refractivity contribution is 6.30. The number of aromatic nitrogens is 7. The van der Waals surface area contributed by atoms with Crippen molar-refractivity contribution < 1.29 is 4.52 Å². The van der Waals surface area contributed by atoms with Crippen molar-refractivity contribution >= 4 is 22.8 Å². The fourth-order valence-corrected chi connectivity index (χ4v) is 3.41. The van der Waals surface area contributed by atoms with E-state index in [1.807, 2.05) is 24.3 Å². The molecule has 136 valence electrons. The van der Waals surface area contributed by atoms with Crippen LogP contribution in [0.2, 0.25) is 5.02 Å². The van der Waals surface area contributed by atoms with Gasteiger partial charge in [0.1, 0.15) is 12.9 Å². The zero-order valence-electron chi connectivity index (χ0n) is 14.3. The van der Waals surface area contributed by atoms with Gasteiger partial charge >= 0.3 is 0 Å². The predicted molar refractivity (Wildman–Crippen MR) is 95.5 cm³/mol. The van der Waals surface area contributed by atoms with E-state index in [2.05, 4.69) is 25.4 Å². The van der Waals surface area contributed by atoms with Gasteiger partial charge < -0.3 is 4.52 Å². The van der Waals surface area contributed by atoms with Crippen LogP contribution in [-0.2, 0) is 13.6 Å². The molecule has 1 fully saturated rings. The number of benzene rings is 1. The van der Waals surface area contributed by atoms with E-state index >= 15 is 0 Å². The number of fused-ring (bicyclic) bond motifs is 1. The number of hydrogen-bond donors (Lipinski definition) is 0. The molecule has 27 heavy (non-hydrogen) atoms. The molecule has 0 N–H and O–H groups in total. The molecule has 0 bridgehead atoms. The zero-order chi connectivity index (χ0) is 18.5. The molecular formula is C17H14ClN7O2. The molecule has 1 aliphatic rings. The lowest BCUT2D eigenvalue weighted by atomic mass is 10.1. The second-order valence-corrected chi connectivity index (χ2v) is 7.05. The molecule has 0 amide bonds. The van der Waals surface area contributed by atoms with Crippen LogP contribution in [0.15, 0.2) is 39.9 Å². The Hall–Kier alpha value is -3.07. The molecule has 0 spiro atoms. The minimum Gasteiger partial charge on any atom is -0.337 e. The lowest BCUT2D eigenvalue weighted by Crippen LogP contribution is -2.22. The van der Waals surface area contributed by atoms with E-state index in [0.717, 1.165) is 11.4 Å². The third kappa shape index (κ3) is 2.80. The molecule has 3 heterocycles. The van der Waals surface area contributed by atoms with Crippen molar-refractivity contribution in [3.8, 4) is 0 Å². The summed E-state index contributed by atoms with van der Waals surface area (Å²) >= 11 is 5.94. The highest BCUT2D eigenvalue weighted by Gasteiger charge is 2.42. The average Bonchev–Trinajstić information content (AvgIpc) is 3.16. The number of hydrogen-bond acceptors (Lipinski definition) is 7. The van der Waals surface area contributed by atoms with Crippen LogP contribution >= 0.6 is 11.6 Å². The van der Waals surface area contributed by atoms with Gasteiger partial charge in [0.05, 0.1) is 0 Å². The first-order valence-corrected chi connectivity index (χ1v) is 8.80. The average molecular weight is 384 g/mol. The molecule has 0 aliphatic heterocycles. The van der Waals surface area contributed by atoms with Gasteiger partial charge in [-0.15, -0.1) is 5.10 Å². The largest absolute Gasteiger partial charge is 0.337 e. The first-order chi connectivity index (χ1) is 13.1. The van der Waals surface area contributed by atoms with E-state index in [1.54, 1.807) is 7.05 Å². The summed E-state index contributed by atoms with van der Waals surface area (Å²) < 4.78 is 8.16. The highest BCUT2D eigenvalue weighted by atomic mass is 35.5. The molecule has 4 aromatic rings. The van der Waals surface area contributed by atoms with Crippen LogP contribution in [0.5, 0.6) is 0 Å².